The molecule has 0 aliphatic carbocycles. The summed E-state index contributed by atoms with van der Waals surface area (Å²) in [6, 6.07) is 2.92. The largest absolute Gasteiger partial charge is 0.299 e. The molecule has 0 bridgehead atoms. The number of rotatable bonds is 0. The van der Waals surface area contributed by atoms with E-state index in [2.05, 4.69) is 25.4 Å². The van der Waals surface area contributed by atoms with E-state index in [4.69, 9.17) is 0 Å². The molecule has 1 aromatic rings. The SMILES string of the molecule is O=C1N=CN=c2cc3c(cc21)=NN=NC3=O. The van der Waals surface area contributed by atoms with Crippen molar-refractivity contribution in [2.45, 2.75) is 0 Å². The maximum Gasteiger partial charge on any atom is 0.299 e. The van der Waals surface area contributed by atoms with E-state index in [-0.39, 0.29) is 0 Å². The van der Waals surface area contributed by atoms with Crippen LogP contribution in [0.3, 0.4) is 0 Å². The van der Waals surface area contributed by atoms with Gasteiger partial charge in [-0.25, -0.2) is 4.99 Å². The van der Waals surface area contributed by atoms with Gasteiger partial charge in [0.25, 0.3) is 11.8 Å². The second-order valence-corrected chi connectivity index (χ2v) is 3.16. The first-order chi connectivity index (χ1) is 7.75. The Balaban J connectivity index is 2.43. The van der Waals surface area contributed by atoms with Crippen molar-refractivity contribution in [3.8, 4) is 0 Å². The van der Waals surface area contributed by atoms with Gasteiger partial charge >= 0.3 is 0 Å². The minimum Gasteiger partial charge on any atom is -0.267 e. The van der Waals surface area contributed by atoms with Gasteiger partial charge in [0.2, 0.25) is 0 Å². The number of amides is 2. The zero-order chi connectivity index (χ0) is 11.1. The van der Waals surface area contributed by atoms with Gasteiger partial charge in [-0.05, 0) is 17.4 Å². The van der Waals surface area contributed by atoms with Crippen molar-refractivity contribution in [3.63, 3.8) is 0 Å². The van der Waals surface area contributed by atoms with E-state index in [1.54, 1.807) is 0 Å². The van der Waals surface area contributed by atoms with Gasteiger partial charge in [0, 0.05) is 0 Å². The standard InChI is InChI=1S/C9H3N5O2/c15-8-4-2-7-5(9(16)13-14-12-7)1-6(4)10-3-11-8/h1-3H. The Morgan fingerprint density at radius 2 is 1.69 bits per heavy atom. The third kappa shape index (κ3) is 1.11. The highest BCUT2D eigenvalue weighted by Gasteiger charge is 2.17. The van der Waals surface area contributed by atoms with E-state index < -0.39 is 11.8 Å². The van der Waals surface area contributed by atoms with Gasteiger partial charge in [0.15, 0.2) is 0 Å². The Labute approximate surface area is 87.9 Å². The summed E-state index contributed by atoms with van der Waals surface area (Å²) < 4.78 is 0. The molecule has 0 unspecified atom stereocenters. The summed E-state index contributed by atoms with van der Waals surface area (Å²) in [5.74, 6) is -0.893. The molecular weight excluding hydrogens is 210 g/mol. The van der Waals surface area contributed by atoms with Crippen molar-refractivity contribution in [1.82, 2.24) is 0 Å². The molecule has 0 radical (unpaired) electrons. The average Bonchev–Trinajstić information content (AvgIpc) is 2.29. The predicted octanol–water partition coefficient (Wildman–Crippen LogP) is -0.371. The smallest absolute Gasteiger partial charge is 0.267 e. The molecule has 1 aromatic carbocycles. The van der Waals surface area contributed by atoms with Crippen molar-refractivity contribution in [2.24, 2.45) is 25.4 Å². The van der Waals surface area contributed by atoms with Crippen molar-refractivity contribution in [2.75, 3.05) is 0 Å². The topological polar surface area (TPSA) is 95.9 Å². The molecule has 0 aromatic heterocycles. The molecule has 3 rings (SSSR count). The molecule has 0 spiro atoms. The molecule has 7 heteroatoms. The van der Waals surface area contributed by atoms with Crippen molar-refractivity contribution in [3.05, 3.63) is 34.0 Å². The number of carbonyl (C=O) groups is 2. The molecule has 0 saturated heterocycles. The number of aliphatic imine (C=N–C) groups is 1. The molecule has 16 heavy (non-hydrogen) atoms. The molecule has 76 valence electrons. The number of carbonyl (C=O) groups excluding carboxylic acids is 2. The lowest BCUT2D eigenvalue weighted by atomic mass is 10.1. The highest BCUT2D eigenvalue weighted by atomic mass is 16.2. The Hall–Kier alpha value is -2.57. The maximum atomic E-state index is 11.4. The van der Waals surface area contributed by atoms with Crippen LogP contribution in [-0.4, -0.2) is 18.2 Å². The van der Waals surface area contributed by atoms with E-state index in [1.807, 2.05) is 0 Å². The third-order valence-electron chi connectivity index (χ3n) is 2.23. The summed E-state index contributed by atoms with van der Waals surface area (Å²) in [5.41, 5.74) is 0.607. The van der Waals surface area contributed by atoms with Gasteiger partial charge in [-0.3, -0.25) is 9.59 Å². The minimum atomic E-state index is -0.488. The Morgan fingerprint density at radius 1 is 0.938 bits per heavy atom. The normalized spacial score (nSPS) is 16.2. The number of benzene rings is 1. The van der Waals surface area contributed by atoms with E-state index in [9.17, 15) is 9.59 Å². The lowest BCUT2D eigenvalue weighted by Crippen LogP contribution is -2.27. The molecule has 0 saturated carbocycles. The number of nitrogens with zero attached hydrogens (tertiary/aromatic N) is 5. The van der Waals surface area contributed by atoms with E-state index in [1.165, 1.54) is 12.1 Å². The molecule has 2 aliphatic rings. The van der Waals surface area contributed by atoms with Crippen LogP contribution in [0, 0.1) is 0 Å². The first kappa shape index (κ1) is 8.72. The fourth-order valence-corrected chi connectivity index (χ4v) is 1.49. The first-order valence-electron chi connectivity index (χ1n) is 4.37. The fourth-order valence-electron chi connectivity index (χ4n) is 1.49. The number of hydrogen-bond donors (Lipinski definition) is 0. The Kier molecular flexibility index (Phi) is 1.61. The summed E-state index contributed by atoms with van der Waals surface area (Å²) in [5, 5.41) is 11.0. The second-order valence-electron chi connectivity index (χ2n) is 3.16. The summed E-state index contributed by atoms with van der Waals surface area (Å²) in [6.45, 7) is 0. The third-order valence-corrected chi connectivity index (χ3v) is 2.23. The molecule has 7 nitrogen and oxygen atoms in total. The van der Waals surface area contributed by atoms with Crippen LogP contribution in [0.4, 0.5) is 0 Å². The fraction of sp³-hybridized carbons (Fsp3) is 0. The van der Waals surface area contributed by atoms with Gasteiger partial charge < -0.3 is 0 Å². The van der Waals surface area contributed by atoms with Crippen LogP contribution in [-0.2, 0) is 0 Å². The number of fused-ring (bicyclic) bond motifs is 2. The zero-order valence-electron chi connectivity index (χ0n) is 7.78. The minimum absolute atomic E-state index is 0.292. The maximum absolute atomic E-state index is 11.4. The molecule has 2 heterocycles. The number of hydrogen-bond acceptors (Lipinski definition) is 5. The van der Waals surface area contributed by atoms with E-state index in [0.29, 0.717) is 21.8 Å². The highest BCUT2D eigenvalue weighted by Crippen LogP contribution is 2.02. The van der Waals surface area contributed by atoms with Crippen molar-refractivity contribution >= 4 is 18.2 Å². The summed E-state index contributed by atoms with van der Waals surface area (Å²) in [6.07, 6.45) is 1.16. The van der Waals surface area contributed by atoms with Crippen LogP contribution in [0.15, 0.2) is 37.6 Å². The zero-order valence-corrected chi connectivity index (χ0v) is 7.78. The van der Waals surface area contributed by atoms with Gasteiger partial charge in [-0.2, -0.15) is 4.99 Å². The summed E-state index contributed by atoms with van der Waals surface area (Å²) in [7, 11) is 0. The lowest BCUT2D eigenvalue weighted by Gasteiger charge is -2.04. The Bertz CT molecular complexity index is 640. The molecular formula is C9H3N5O2. The van der Waals surface area contributed by atoms with Gasteiger partial charge in [-0.1, -0.05) is 5.11 Å². The molecule has 2 amide bonds. The first-order valence-corrected chi connectivity index (χ1v) is 4.37. The van der Waals surface area contributed by atoms with Crippen LogP contribution >= 0.6 is 0 Å². The predicted molar refractivity (Wildman–Crippen MR) is 50.8 cm³/mol. The van der Waals surface area contributed by atoms with Crippen LogP contribution < -0.4 is 10.7 Å². The molecule has 0 atom stereocenters. The highest BCUT2D eigenvalue weighted by molar-refractivity contribution is 6.01. The quantitative estimate of drug-likeness (QED) is 0.587. The van der Waals surface area contributed by atoms with E-state index in [0.717, 1.165) is 6.34 Å². The molecule has 0 fully saturated rings. The van der Waals surface area contributed by atoms with Crippen LogP contribution in [0.25, 0.3) is 0 Å². The summed E-state index contributed by atoms with van der Waals surface area (Å²) >= 11 is 0. The molecule has 0 N–H and O–H groups in total. The molecule has 2 aliphatic heterocycles. The van der Waals surface area contributed by atoms with Crippen LogP contribution in [0.5, 0.6) is 0 Å². The van der Waals surface area contributed by atoms with Gasteiger partial charge in [-0.15, -0.1) is 5.10 Å². The van der Waals surface area contributed by atoms with Gasteiger partial charge in [0.1, 0.15) is 11.7 Å². The summed E-state index contributed by atoms with van der Waals surface area (Å²) in [4.78, 5) is 30.2. The van der Waals surface area contributed by atoms with E-state index >= 15 is 0 Å². The average molecular weight is 213 g/mol. The second kappa shape index (κ2) is 2.96. The van der Waals surface area contributed by atoms with Crippen LogP contribution in [0.2, 0.25) is 0 Å². The monoisotopic (exact) mass is 213 g/mol. The van der Waals surface area contributed by atoms with Crippen LogP contribution in [0.1, 0.15) is 20.7 Å². The van der Waals surface area contributed by atoms with Gasteiger partial charge in [0.05, 0.1) is 16.5 Å². The lowest BCUT2D eigenvalue weighted by molar-refractivity contribution is 0.0980. The van der Waals surface area contributed by atoms with Crippen molar-refractivity contribution < 1.29 is 9.59 Å². The van der Waals surface area contributed by atoms with Crippen molar-refractivity contribution in [1.29, 1.82) is 0 Å². The Morgan fingerprint density at radius 3 is 2.56 bits per heavy atom.